The topological polar surface area (TPSA) is 33.1 Å². The van der Waals surface area contributed by atoms with E-state index in [4.69, 9.17) is 0 Å². The highest BCUT2D eigenvalue weighted by Crippen LogP contribution is 2.21. The van der Waals surface area contributed by atoms with E-state index in [1.54, 1.807) is 26.1 Å². The Morgan fingerprint density at radius 3 is 2.67 bits per heavy atom. The van der Waals surface area contributed by atoms with E-state index in [0.29, 0.717) is 5.69 Å². The number of pyridine rings is 1. The number of aromatic nitrogens is 1. The van der Waals surface area contributed by atoms with Crippen molar-refractivity contribution < 1.29 is 5.11 Å². The van der Waals surface area contributed by atoms with E-state index in [2.05, 4.69) is 11.6 Å². The fourth-order valence-electron chi connectivity index (χ4n) is 1.09. The molecule has 0 aliphatic rings. The van der Waals surface area contributed by atoms with Crippen LogP contribution in [0, 0.1) is 0 Å². The molecule has 0 spiro atoms. The second kappa shape index (κ2) is 3.07. The quantitative estimate of drug-likeness (QED) is 0.722. The second-order valence-electron chi connectivity index (χ2n) is 3.20. The van der Waals surface area contributed by atoms with Gasteiger partial charge in [-0.2, -0.15) is 0 Å². The average molecular weight is 163 g/mol. The molecule has 1 aromatic rings. The highest BCUT2D eigenvalue weighted by atomic mass is 16.3. The van der Waals surface area contributed by atoms with Gasteiger partial charge in [0.2, 0.25) is 0 Å². The summed E-state index contributed by atoms with van der Waals surface area (Å²) in [6.07, 6.45) is 3.36. The van der Waals surface area contributed by atoms with E-state index in [0.717, 1.165) is 5.56 Å². The molecule has 64 valence electrons. The molecule has 2 heteroatoms. The van der Waals surface area contributed by atoms with Gasteiger partial charge in [0.1, 0.15) is 5.60 Å². The molecular weight excluding hydrogens is 150 g/mol. The summed E-state index contributed by atoms with van der Waals surface area (Å²) in [5.74, 6) is 0. The fraction of sp³-hybridized carbons (Fsp3) is 0.300. The van der Waals surface area contributed by atoms with Crippen molar-refractivity contribution in [1.29, 1.82) is 0 Å². The van der Waals surface area contributed by atoms with Gasteiger partial charge in [-0.05, 0) is 25.5 Å². The maximum Gasteiger partial charge on any atom is 0.101 e. The molecule has 0 aliphatic carbocycles. The van der Waals surface area contributed by atoms with Crippen LogP contribution < -0.4 is 0 Å². The van der Waals surface area contributed by atoms with Crippen molar-refractivity contribution in [3.63, 3.8) is 0 Å². The lowest BCUT2D eigenvalue weighted by Gasteiger charge is -2.18. The zero-order valence-corrected chi connectivity index (χ0v) is 7.41. The van der Waals surface area contributed by atoms with Gasteiger partial charge in [-0.15, -0.1) is 0 Å². The predicted octanol–water partition coefficient (Wildman–Crippen LogP) is 1.95. The zero-order chi connectivity index (χ0) is 9.19. The molecule has 1 aromatic heterocycles. The largest absolute Gasteiger partial charge is 0.384 e. The molecule has 0 amide bonds. The molecule has 0 saturated carbocycles. The van der Waals surface area contributed by atoms with Crippen molar-refractivity contribution in [2.45, 2.75) is 19.4 Å². The molecule has 0 radical (unpaired) electrons. The van der Waals surface area contributed by atoms with Crippen LogP contribution in [0.3, 0.4) is 0 Å². The SMILES string of the molecule is C=Cc1cccnc1C(C)(C)O. The molecule has 0 fully saturated rings. The highest BCUT2D eigenvalue weighted by Gasteiger charge is 2.19. The highest BCUT2D eigenvalue weighted by molar-refractivity contribution is 5.50. The van der Waals surface area contributed by atoms with E-state index in [1.807, 2.05) is 12.1 Å². The van der Waals surface area contributed by atoms with Crippen LogP contribution in [0.25, 0.3) is 6.08 Å². The number of rotatable bonds is 2. The summed E-state index contributed by atoms with van der Waals surface area (Å²) < 4.78 is 0. The summed E-state index contributed by atoms with van der Waals surface area (Å²) in [6.45, 7) is 7.08. The lowest BCUT2D eigenvalue weighted by atomic mass is 9.99. The maximum atomic E-state index is 9.69. The van der Waals surface area contributed by atoms with Crippen molar-refractivity contribution >= 4 is 6.08 Å². The Balaban J connectivity index is 3.23. The Hall–Kier alpha value is -1.15. The number of hydrogen-bond donors (Lipinski definition) is 1. The summed E-state index contributed by atoms with van der Waals surface area (Å²) in [5, 5.41) is 9.69. The first-order valence-corrected chi connectivity index (χ1v) is 3.86. The Bertz CT molecular complexity index is 286. The van der Waals surface area contributed by atoms with Gasteiger partial charge < -0.3 is 5.11 Å². The first-order chi connectivity index (χ1) is 5.55. The van der Waals surface area contributed by atoms with Crippen LogP contribution in [-0.2, 0) is 5.60 Å². The molecule has 1 rings (SSSR count). The molecule has 2 nitrogen and oxygen atoms in total. The minimum Gasteiger partial charge on any atom is -0.384 e. The minimum atomic E-state index is -0.898. The minimum absolute atomic E-state index is 0.667. The third-order valence-corrected chi connectivity index (χ3v) is 1.64. The molecule has 0 saturated heterocycles. The molecule has 0 aromatic carbocycles. The van der Waals surface area contributed by atoms with E-state index in [-0.39, 0.29) is 0 Å². The van der Waals surface area contributed by atoms with Crippen LogP contribution in [-0.4, -0.2) is 10.1 Å². The van der Waals surface area contributed by atoms with Crippen LogP contribution in [0.4, 0.5) is 0 Å². The molecule has 1 N–H and O–H groups in total. The Morgan fingerprint density at radius 2 is 2.25 bits per heavy atom. The molecule has 0 unspecified atom stereocenters. The molecular formula is C10H13NO. The van der Waals surface area contributed by atoms with Crippen molar-refractivity contribution in [3.8, 4) is 0 Å². The van der Waals surface area contributed by atoms with Gasteiger partial charge in [0.05, 0.1) is 5.69 Å². The van der Waals surface area contributed by atoms with Gasteiger partial charge in [0.25, 0.3) is 0 Å². The lowest BCUT2D eigenvalue weighted by molar-refractivity contribution is 0.0736. The van der Waals surface area contributed by atoms with Crippen molar-refractivity contribution in [2.75, 3.05) is 0 Å². The smallest absolute Gasteiger partial charge is 0.101 e. The maximum absolute atomic E-state index is 9.69. The van der Waals surface area contributed by atoms with E-state index in [1.165, 1.54) is 0 Å². The fourth-order valence-corrected chi connectivity index (χ4v) is 1.09. The lowest BCUT2D eigenvalue weighted by Crippen LogP contribution is -2.18. The van der Waals surface area contributed by atoms with Crippen molar-refractivity contribution in [2.24, 2.45) is 0 Å². The Morgan fingerprint density at radius 1 is 1.58 bits per heavy atom. The Labute approximate surface area is 72.6 Å². The third kappa shape index (κ3) is 1.71. The van der Waals surface area contributed by atoms with Gasteiger partial charge in [0.15, 0.2) is 0 Å². The number of hydrogen-bond acceptors (Lipinski definition) is 2. The van der Waals surface area contributed by atoms with Gasteiger partial charge in [-0.3, -0.25) is 4.98 Å². The third-order valence-electron chi connectivity index (χ3n) is 1.64. The first-order valence-electron chi connectivity index (χ1n) is 3.86. The van der Waals surface area contributed by atoms with Crippen LogP contribution in [0.2, 0.25) is 0 Å². The van der Waals surface area contributed by atoms with E-state index >= 15 is 0 Å². The van der Waals surface area contributed by atoms with E-state index in [9.17, 15) is 5.11 Å². The van der Waals surface area contributed by atoms with Crippen molar-refractivity contribution in [3.05, 3.63) is 36.2 Å². The van der Waals surface area contributed by atoms with Crippen LogP contribution >= 0.6 is 0 Å². The van der Waals surface area contributed by atoms with Crippen molar-refractivity contribution in [1.82, 2.24) is 4.98 Å². The summed E-state index contributed by atoms with van der Waals surface area (Å²) in [4.78, 5) is 4.10. The van der Waals surface area contributed by atoms with Gasteiger partial charge >= 0.3 is 0 Å². The van der Waals surface area contributed by atoms with Crippen LogP contribution in [0.5, 0.6) is 0 Å². The summed E-state index contributed by atoms with van der Waals surface area (Å²) in [6, 6.07) is 3.71. The molecule has 0 atom stereocenters. The summed E-state index contributed by atoms with van der Waals surface area (Å²) in [7, 11) is 0. The second-order valence-corrected chi connectivity index (χ2v) is 3.20. The summed E-state index contributed by atoms with van der Waals surface area (Å²) in [5.41, 5.74) is 0.648. The predicted molar refractivity (Wildman–Crippen MR) is 49.6 cm³/mol. The molecule has 1 heterocycles. The van der Waals surface area contributed by atoms with Gasteiger partial charge in [-0.1, -0.05) is 18.7 Å². The number of nitrogens with zero attached hydrogens (tertiary/aromatic N) is 1. The van der Waals surface area contributed by atoms with Gasteiger partial charge in [0, 0.05) is 6.20 Å². The zero-order valence-electron chi connectivity index (χ0n) is 7.41. The molecule has 0 aliphatic heterocycles. The standard InChI is InChI=1S/C10H13NO/c1-4-8-6-5-7-11-9(8)10(2,3)12/h4-7,12H,1H2,2-3H3. The monoisotopic (exact) mass is 163 g/mol. The van der Waals surface area contributed by atoms with Gasteiger partial charge in [-0.25, -0.2) is 0 Å². The molecule has 12 heavy (non-hydrogen) atoms. The average Bonchev–Trinajstić information content (AvgIpc) is 2.03. The van der Waals surface area contributed by atoms with Crippen LogP contribution in [0.15, 0.2) is 24.9 Å². The van der Waals surface area contributed by atoms with E-state index < -0.39 is 5.60 Å². The van der Waals surface area contributed by atoms with Crippen LogP contribution in [0.1, 0.15) is 25.1 Å². The molecule has 0 bridgehead atoms. The summed E-state index contributed by atoms with van der Waals surface area (Å²) >= 11 is 0. The normalized spacial score (nSPS) is 11.2. The Kier molecular flexibility index (Phi) is 2.29. The number of aliphatic hydroxyl groups is 1. The first kappa shape index (κ1) is 8.94.